The second kappa shape index (κ2) is 8.37. The van der Waals surface area contributed by atoms with Crippen LogP contribution in [0.4, 0.5) is 0 Å². The lowest BCUT2D eigenvalue weighted by molar-refractivity contribution is 0.319. The number of hydrogen-bond acceptors (Lipinski definition) is 7. The fraction of sp³-hybridized carbons (Fsp3) is 0.600. The van der Waals surface area contributed by atoms with Crippen LogP contribution in [0.15, 0.2) is 27.2 Å². The summed E-state index contributed by atoms with van der Waals surface area (Å²) >= 11 is 3.44. The van der Waals surface area contributed by atoms with E-state index in [1.807, 2.05) is 0 Å². The molecule has 0 bridgehead atoms. The van der Waals surface area contributed by atoms with E-state index in [9.17, 15) is 0 Å². The van der Waals surface area contributed by atoms with E-state index < -0.39 is 0 Å². The zero-order valence-electron chi connectivity index (χ0n) is 16.7. The Morgan fingerprint density at radius 2 is 2.04 bits per heavy atom. The van der Waals surface area contributed by atoms with E-state index >= 15 is 0 Å². The van der Waals surface area contributed by atoms with Gasteiger partial charge in [-0.05, 0) is 24.3 Å². The van der Waals surface area contributed by atoms with E-state index in [4.69, 9.17) is 4.52 Å². The van der Waals surface area contributed by atoms with Crippen molar-refractivity contribution in [2.45, 2.75) is 81.7 Å². The van der Waals surface area contributed by atoms with Gasteiger partial charge in [-0.2, -0.15) is 4.98 Å². The first-order valence-corrected chi connectivity index (χ1v) is 11.8. The van der Waals surface area contributed by atoms with Gasteiger partial charge in [0.2, 0.25) is 5.89 Å². The summed E-state index contributed by atoms with van der Waals surface area (Å²) in [5.41, 5.74) is -0.133. The molecule has 0 unspecified atom stereocenters. The smallest absolute Gasteiger partial charge is 0.232 e. The number of rotatable bonds is 6. The van der Waals surface area contributed by atoms with Gasteiger partial charge in [-0.25, -0.2) is 0 Å². The molecule has 0 amide bonds. The first kappa shape index (κ1) is 19.6. The summed E-state index contributed by atoms with van der Waals surface area (Å²) in [4.78, 5) is 5.88. The first-order chi connectivity index (χ1) is 13.5. The molecular weight excluding hydrogens is 390 g/mol. The van der Waals surface area contributed by atoms with E-state index in [-0.39, 0.29) is 5.41 Å². The van der Waals surface area contributed by atoms with Gasteiger partial charge in [0, 0.05) is 22.8 Å². The van der Waals surface area contributed by atoms with Crippen LogP contribution in [-0.2, 0) is 17.6 Å². The van der Waals surface area contributed by atoms with Crippen molar-refractivity contribution in [1.29, 1.82) is 0 Å². The molecule has 1 saturated carbocycles. The summed E-state index contributed by atoms with van der Waals surface area (Å²) in [5.74, 6) is 3.10. The van der Waals surface area contributed by atoms with Gasteiger partial charge in [0.15, 0.2) is 11.0 Å². The largest absolute Gasteiger partial charge is 0.339 e. The zero-order chi connectivity index (χ0) is 19.6. The molecule has 0 N–H and O–H groups in total. The van der Waals surface area contributed by atoms with Crippen molar-refractivity contribution in [2.75, 3.05) is 0 Å². The van der Waals surface area contributed by atoms with Crippen LogP contribution in [0.3, 0.4) is 0 Å². The highest BCUT2D eigenvalue weighted by Gasteiger charge is 2.25. The van der Waals surface area contributed by atoms with Crippen molar-refractivity contribution in [3.8, 4) is 0 Å². The second-order valence-electron chi connectivity index (χ2n) is 8.37. The first-order valence-electron chi connectivity index (χ1n) is 9.93. The molecule has 1 fully saturated rings. The van der Waals surface area contributed by atoms with Crippen LogP contribution in [0.1, 0.15) is 81.3 Å². The standard InChI is InChI=1S/C20H27N5OS2/c1-20(2,3)18-21-16(24-26-18)13-28-19-23-22-17(12-15-10-7-11-27-15)25(19)14-8-5-4-6-9-14/h7,10-11,14H,4-6,8-9,12-13H2,1-3H3. The molecule has 0 spiro atoms. The molecule has 0 aromatic carbocycles. The lowest BCUT2D eigenvalue weighted by atomic mass is 9.95. The number of aromatic nitrogens is 5. The molecule has 3 aromatic rings. The number of hydrogen-bond donors (Lipinski definition) is 0. The SMILES string of the molecule is CC(C)(C)c1nc(CSc2nnc(Cc3cccs3)n2C2CCCCC2)no1. The summed E-state index contributed by atoms with van der Waals surface area (Å²) in [7, 11) is 0. The summed E-state index contributed by atoms with van der Waals surface area (Å²) in [6.07, 6.45) is 7.16. The fourth-order valence-electron chi connectivity index (χ4n) is 3.55. The molecule has 8 heteroatoms. The second-order valence-corrected chi connectivity index (χ2v) is 10.3. The Bertz CT molecular complexity index is 888. The minimum absolute atomic E-state index is 0.133. The maximum absolute atomic E-state index is 5.42. The van der Waals surface area contributed by atoms with Crippen molar-refractivity contribution in [3.63, 3.8) is 0 Å². The molecule has 3 heterocycles. The van der Waals surface area contributed by atoms with Gasteiger partial charge in [0.05, 0.1) is 5.75 Å². The van der Waals surface area contributed by atoms with E-state index in [2.05, 4.69) is 63.2 Å². The van der Waals surface area contributed by atoms with Crippen molar-refractivity contribution >= 4 is 23.1 Å². The quantitative estimate of drug-likeness (QED) is 0.500. The van der Waals surface area contributed by atoms with E-state index in [1.54, 1.807) is 23.1 Å². The molecule has 3 aromatic heterocycles. The summed E-state index contributed by atoms with van der Waals surface area (Å²) in [6, 6.07) is 4.77. The van der Waals surface area contributed by atoms with Gasteiger partial charge in [-0.3, -0.25) is 0 Å². The summed E-state index contributed by atoms with van der Waals surface area (Å²) < 4.78 is 7.81. The van der Waals surface area contributed by atoms with Crippen LogP contribution in [0.25, 0.3) is 0 Å². The molecule has 0 atom stereocenters. The molecule has 4 rings (SSSR count). The topological polar surface area (TPSA) is 69.6 Å². The molecular formula is C20H27N5OS2. The van der Waals surface area contributed by atoms with Gasteiger partial charge < -0.3 is 9.09 Å². The monoisotopic (exact) mass is 417 g/mol. The van der Waals surface area contributed by atoms with Gasteiger partial charge in [0.1, 0.15) is 5.82 Å². The highest BCUT2D eigenvalue weighted by Crippen LogP contribution is 2.34. The minimum atomic E-state index is -0.133. The van der Waals surface area contributed by atoms with Crippen molar-refractivity contribution in [3.05, 3.63) is 39.9 Å². The molecule has 1 aliphatic carbocycles. The third kappa shape index (κ3) is 4.49. The summed E-state index contributed by atoms with van der Waals surface area (Å²) in [6.45, 7) is 6.23. The van der Waals surface area contributed by atoms with Crippen molar-refractivity contribution in [1.82, 2.24) is 24.9 Å². The molecule has 28 heavy (non-hydrogen) atoms. The van der Waals surface area contributed by atoms with Crippen LogP contribution in [0.5, 0.6) is 0 Å². The molecule has 150 valence electrons. The Kier molecular flexibility index (Phi) is 5.87. The summed E-state index contributed by atoms with van der Waals surface area (Å²) in [5, 5.41) is 16.3. The van der Waals surface area contributed by atoms with Crippen LogP contribution in [0, 0.1) is 0 Å². The predicted molar refractivity (Wildman–Crippen MR) is 112 cm³/mol. The maximum Gasteiger partial charge on any atom is 0.232 e. The zero-order valence-corrected chi connectivity index (χ0v) is 18.4. The van der Waals surface area contributed by atoms with E-state index in [1.165, 1.54) is 37.0 Å². The third-order valence-electron chi connectivity index (χ3n) is 5.03. The average molecular weight is 418 g/mol. The van der Waals surface area contributed by atoms with Crippen molar-refractivity contribution < 1.29 is 4.52 Å². The molecule has 1 aliphatic rings. The molecule has 0 aliphatic heterocycles. The Labute approximate surface area is 174 Å². The minimum Gasteiger partial charge on any atom is -0.339 e. The average Bonchev–Trinajstić information content (AvgIpc) is 3.42. The molecule has 0 radical (unpaired) electrons. The Balaban J connectivity index is 1.54. The van der Waals surface area contributed by atoms with Crippen molar-refractivity contribution in [2.24, 2.45) is 0 Å². The van der Waals surface area contributed by atoms with Gasteiger partial charge in [0.25, 0.3) is 0 Å². The van der Waals surface area contributed by atoms with Crippen LogP contribution in [0.2, 0.25) is 0 Å². The van der Waals surface area contributed by atoms with Crippen LogP contribution in [-0.4, -0.2) is 24.9 Å². The van der Waals surface area contributed by atoms with Gasteiger partial charge in [-0.15, -0.1) is 21.5 Å². The maximum atomic E-state index is 5.42. The molecule has 0 saturated heterocycles. The Hall–Kier alpha value is -1.67. The highest BCUT2D eigenvalue weighted by molar-refractivity contribution is 7.98. The Morgan fingerprint density at radius 3 is 2.71 bits per heavy atom. The number of nitrogens with zero attached hydrogens (tertiary/aromatic N) is 5. The Morgan fingerprint density at radius 1 is 1.21 bits per heavy atom. The third-order valence-corrected chi connectivity index (χ3v) is 6.84. The van der Waals surface area contributed by atoms with E-state index in [0.29, 0.717) is 23.5 Å². The van der Waals surface area contributed by atoms with Gasteiger partial charge >= 0.3 is 0 Å². The lowest BCUT2D eigenvalue weighted by Crippen LogP contribution is -2.16. The predicted octanol–water partition coefficient (Wildman–Crippen LogP) is 5.41. The lowest BCUT2D eigenvalue weighted by Gasteiger charge is -2.25. The fourth-order valence-corrected chi connectivity index (χ4v) is 5.12. The number of thiophene rings is 1. The van der Waals surface area contributed by atoms with Gasteiger partial charge in [-0.1, -0.05) is 63.0 Å². The molecule has 6 nitrogen and oxygen atoms in total. The number of thioether (sulfide) groups is 1. The van der Waals surface area contributed by atoms with Crippen LogP contribution >= 0.6 is 23.1 Å². The highest BCUT2D eigenvalue weighted by atomic mass is 32.2. The van der Waals surface area contributed by atoms with Crippen LogP contribution < -0.4 is 0 Å². The van der Waals surface area contributed by atoms with E-state index in [0.717, 1.165) is 17.4 Å². The normalized spacial score (nSPS) is 16.0.